The second-order valence-corrected chi connectivity index (χ2v) is 3.78. The summed E-state index contributed by atoms with van der Waals surface area (Å²) in [5, 5.41) is 0.986. The van der Waals surface area contributed by atoms with Gasteiger partial charge in [-0.25, -0.2) is 0 Å². The summed E-state index contributed by atoms with van der Waals surface area (Å²) in [5.74, 6) is 0.490. The Hall–Kier alpha value is 0.0800. The molecule has 0 unspecified atom stereocenters. The molecule has 0 amide bonds. The fourth-order valence-corrected chi connectivity index (χ4v) is 2.06. The molecule has 1 nitrogen and oxygen atoms in total. The highest BCUT2D eigenvalue weighted by atomic mass is 79.9. The van der Waals surface area contributed by atoms with E-state index in [4.69, 9.17) is 27.9 Å². The number of hydrogen-bond acceptors (Lipinski definition) is 1. The van der Waals surface area contributed by atoms with Crippen LogP contribution in [0.5, 0.6) is 5.75 Å². The molecule has 0 spiro atoms. The van der Waals surface area contributed by atoms with E-state index < -0.39 is 0 Å². The molecule has 0 atom stereocenters. The molecule has 1 rings (SSSR count). The average Bonchev–Trinajstić information content (AvgIpc) is 1.96. The van der Waals surface area contributed by atoms with E-state index in [0.29, 0.717) is 15.8 Å². The number of halogens is 3. The number of ether oxygens (including phenoxy) is 1. The Kier molecular flexibility index (Phi) is 3.69. The summed E-state index contributed by atoms with van der Waals surface area (Å²) in [6.45, 7) is 3.29. The minimum absolute atomic E-state index is 0.490. The fraction of sp³-hybridized carbons (Fsp3) is 0.125. The van der Waals surface area contributed by atoms with E-state index in [1.807, 2.05) is 0 Å². The first-order valence-corrected chi connectivity index (χ1v) is 4.79. The zero-order valence-electron chi connectivity index (χ0n) is 6.27. The molecule has 12 heavy (non-hydrogen) atoms. The normalized spacial score (nSPS) is 10.0. The number of benzene rings is 1. The summed E-state index contributed by atoms with van der Waals surface area (Å²) >= 11 is 15.0. The van der Waals surface area contributed by atoms with Gasteiger partial charge < -0.3 is 4.74 Å². The molecule has 0 heterocycles. The Morgan fingerprint density at radius 2 is 1.83 bits per heavy atom. The molecular weight excluding hydrogens is 263 g/mol. The van der Waals surface area contributed by atoms with Crippen LogP contribution in [-0.2, 0) is 0 Å². The van der Waals surface area contributed by atoms with Crippen LogP contribution in [0.2, 0.25) is 10.0 Å². The highest BCUT2D eigenvalue weighted by Crippen LogP contribution is 2.36. The topological polar surface area (TPSA) is 9.23 Å². The van der Waals surface area contributed by atoms with Crippen molar-refractivity contribution in [1.29, 1.82) is 0 Å². The van der Waals surface area contributed by atoms with Crippen molar-refractivity contribution in [3.63, 3.8) is 0 Å². The van der Waals surface area contributed by atoms with Crippen molar-refractivity contribution in [1.82, 2.24) is 0 Å². The molecule has 0 aliphatic carbocycles. The van der Waals surface area contributed by atoms with Crippen LogP contribution in [0.15, 0.2) is 16.6 Å². The maximum Gasteiger partial charge on any atom is 0.157 e. The average molecular weight is 269 g/mol. The lowest BCUT2D eigenvalue weighted by Gasteiger charge is -2.06. The van der Waals surface area contributed by atoms with Gasteiger partial charge in [0.2, 0.25) is 0 Å². The second-order valence-electron chi connectivity index (χ2n) is 2.05. The first-order valence-electron chi connectivity index (χ1n) is 3.24. The molecule has 1 radical (unpaired) electrons. The molecular formula is C8H6BrCl2O. The van der Waals surface area contributed by atoms with Crippen molar-refractivity contribution in [2.45, 2.75) is 6.92 Å². The molecule has 0 saturated heterocycles. The predicted molar refractivity (Wildman–Crippen MR) is 54.8 cm³/mol. The van der Waals surface area contributed by atoms with Crippen LogP contribution >= 0.6 is 39.1 Å². The molecule has 0 saturated carbocycles. The summed E-state index contributed by atoms with van der Waals surface area (Å²) < 4.78 is 5.95. The van der Waals surface area contributed by atoms with Crippen molar-refractivity contribution in [3.05, 3.63) is 33.3 Å². The molecule has 1 aromatic carbocycles. The summed E-state index contributed by atoms with van der Waals surface area (Å²) in [7, 11) is 0. The van der Waals surface area contributed by atoms with Gasteiger partial charge in [-0.2, -0.15) is 0 Å². The van der Waals surface area contributed by atoms with Crippen LogP contribution in [0.3, 0.4) is 0 Å². The van der Waals surface area contributed by atoms with Crippen LogP contribution in [0.1, 0.15) is 6.92 Å². The molecule has 0 aromatic heterocycles. The maximum atomic E-state index is 5.85. The smallest absolute Gasteiger partial charge is 0.157 e. The molecule has 0 bridgehead atoms. The van der Waals surface area contributed by atoms with E-state index >= 15 is 0 Å². The number of rotatable bonds is 2. The van der Waals surface area contributed by atoms with Crippen LogP contribution in [0.4, 0.5) is 0 Å². The van der Waals surface area contributed by atoms with E-state index in [-0.39, 0.29) is 0 Å². The van der Waals surface area contributed by atoms with Gasteiger partial charge in [0.25, 0.3) is 0 Å². The van der Waals surface area contributed by atoms with Gasteiger partial charge in [-0.15, -0.1) is 0 Å². The lowest BCUT2D eigenvalue weighted by molar-refractivity contribution is 0.417. The Bertz CT molecular complexity index is 265. The van der Waals surface area contributed by atoms with E-state index in [1.54, 1.807) is 19.1 Å². The fourth-order valence-electron chi connectivity index (χ4n) is 0.759. The third-order valence-electron chi connectivity index (χ3n) is 1.20. The van der Waals surface area contributed by atoms with Gasteiger partial charge in [0.1, 0.15) is 6.61 Å². The van der Waals surface area contributed by atoms with Gasteiger partial charge in [-0.1, -0.05) is 39.1 Å². The van der Waals surface area contributed by atoms with E-state index in [1.165, 1.54) is 6.61 Å². The van der Waals surface area contributed by atoms with Gasteiger partial charge in [-0.3, -0.25) is 0 Å². The Morgan fingerprint density at radius 3 is 2.25 bits per heavy atom. The highest BCUT2D eigenvalue weighted by Gasteiger charge is 2.07. The van der Waals surface area contributed by atoms with Crippen LogP contribution in [0.25, 0.3) is 0 Å². The first-order chi connectivity index (χ1) is 5.65. The summed E-state index contributed by atoms with van der Waals surface area (Å²) in [6.07, 6.45) is 0. The van der Waals surface area contributed by atoms with Crippen LogP contribution in [0, 0.1) is 6.61 Å². The minimum atomic E-state index is 0.490. The minimum Gasteiger partial charge on any atom is -0.484 e. The summed E-state index contributed by atoms with van der Waals surface area (Å²) in [5.41, 5.74) is 0. The van der Waals surface area contributed by atoms with Gasteiger partial charge in [0, 0.05) is 4.47 Å². The largest absolute Gasteiger partial charge is 0.484 e. The van der Waals surface area contributed by atoms with Gasteiger partial charge >= 0.3 is 0 Å². The molecule has 0 aliphatic rings. The zero-order chi connectivity index (χ0) is 9.14. The quantitative estimate of drug-likeness (QED) is 0.776. The SMILES string of the molecule is C[CH]Oc1c(Cl)cc(Br)cc1Cl. The van der Waals surface area contributed by atoms with Crippen molar-refractivity contribution in [2.75, 3.05) is 0 Å². The lowest BCUT2D eigenvalue weighted by Crippen LogP contribution is -1.87. The maximum absolute atomic E-state index is 5.85. The Labute approximate surface area is 89.7 Å². The monoisotopic (exact) mass is 267 g/mol. The summed E-state index contributed by atoms with van der Waals surface area (Å²) in [6, 6.07) is 3.46. The van der Waals surface area contributed by atoms with Gasteiger partial charge in [0.05, 0.1) is 10.0 Å². The standard InChI is InChI=1S/C8H6BrCl2O/c1-2-12-8-6(10)3-5(9)4-7(8)11/h2-4H,1H3. The number of hydrogen-bond donors (Lipinski definition) is 0. The molecule has 0 N–H and O–H groups in total. The van der Waals surface area contributed by atoms with Crippen molar-refractivity contribution in [3.8, 4) is 5.75 Å². The lowest BCUT2D eigenvalue weighted by atomic mass is 10.3. The highest BCUT2D eigenvalue weighted by molar-refractivity contribution is 9.10. The van der Waals surface area contributed by atoms with E-state index in [2.05, 4.69) is 15.9 Å². The molecule has 0 aliphatic heterocycles. The van der Waals surface area contributed by atoms with Crippen molar-refractivity contribution < 1.29 is 4.74 Å². The molecule has 65 valence electrons. The van der Waals surface area contributed by atoms with Crippen LogP contribution < -0.4 is 4.74 Å². The molecule has 0 fully saturated rings. The van der Waals surface area contributed by atoms with E-state index in [9.17, 15) is 0 Å². The third-order valence-corrected chi connectivity index (χ3v) is 2.22. The zero-order valence-corrected chi connectivity index (χ0v) is 9.37. The third kappa shape index (κ3) is 2.28. The van der Waals surface area contributed by atoms with Crippen LogP contribution in [-0.4, -0.2) is 0 Å². The van der Waals surface area contributed by atoms with E-state index in [0.717, 1.165) is 4.47 Å². The Morgan fingerprint density at radius 1 is 1.33 bits per heavy atom. The van der Waals surface area contributed by atoms with Crippen molar-refractivity contribution >= 4 is 39.1 Å². The molecule has 1 aromatic rings. The molecule has 4 heteroatoms. The van der Waals surface area contributed by atoms with Gasteiger partial charge in [0.15, 0.2) is 5.75 Å². The predicted octanol–water partition coefficient (Wildman–Crippen LogP) is 4.32. The first kappa shape index (κ1) is 10.2. The second kappa shape index (κ2) is 4.35. The van der Waals surface area contributed by atoms with Gasteiger partial charge in [-0.05, 0) is 19.1 Å². The summed E-state index contributed by atoms with van der Waals surface area (Å²) in [4.78, 5) is 0. The van der Waals surface area contributed by atoms with Crippen molar-refractivity contribution in [2.24, 2.45) is 0 Å². The Balaban J connectivity index is 3.10.